The van der Waals surface area contributed by atoms with Gasteiger partial charge >= 0.3 is 29.8 Å². The number of carbonyl (C=O) groups excluding carboxylic acids is 5. The highest BCUT2D eigenvalue weighted by atomic mass is 16.8. The number of carbonyl (C=O) groups is 5. The molecule has 0 spiro atoms. The standard InChI is InChI=1S/C22H32O16/c1-8(23)31-6-13-15(28)16(29)19(33-10(3)25)22(36-13)38-18-14(7-32-9(2)24)37-21(35-12(5)27)20(17(18)30)34-11(4)26/h13-22,28-30H,6-7H2,1-5H3. The molecule has 2 saturated heterocycles. The summed E-state index contributed by atoms with van der Waals surface area (Å²) in [6.45, 7) is 4.21. The van der Waals surface area contributed by atoms with E-state index in [1.54, 1.807) is 0 Å². The van der Waals surface area contributed by atoms with Crippen molar-refractivity contribution in [2.24, 2.45) is 0 Å². The average molecular weight is 552 g/mol. The molecule has 0 aromatic heterocycles. The van der Waals surface area contributed by atoms with Gasteiger partial charge in [-0.25, -0.2) is 0 Å². The van der Waals surface area contributed by atoms with E-state index in [1.807, 2.05) is 0 Å². The summed E-state index contributed by atoms with van der Waals surface area (Å²) in [5, 5.41) is 32.1. The second kappa shape index (κ2) is 13.8. The van der Waals surface area contributed by atoms with E-state index in [9.17, 15) is 39.3 Å². The molecular weight excluding hydrogens is 520 g/mol. The van der Waals surface area contributed by atoms with Crippen LogP contribution in [0.3, 0.4) is 0 Å². The van der Waals surface area contributed by atoms with Gasteiger partial charge < -0.3 is 53.2 Å². The van der Waals surface area contributed by atoms with Crippen LogP contribution in [-0.4, -0.2) is 120 Å². The van der Waals surface area contributed by atoms with Crippen molar-refractivity contribution in [2.45, 2.75) is 96.0 Å². The number of rotatable bonds is 9. The molecule has 2 rings (SSSR count). The van der Waals surface area contributed by atoms with Gasteiger partial charge in [-0.05, 0) is 0 Å². The van der Waals surface area contributed by atoms with Gasteiger partial charge in [-0.15, -0.1) is 0 Å². The summed E-state index contributed by atoms with van der Waals surface area (Å²) in [4.78, 5) is 57.6. The molecule has 0 aromatic carbocycles. The van der Waals surface area contributed by atoms with E-state index >= 15 is 0 Å². The summed E-state index contributed by atoms with van der Waals surface area (Å²) in [6, 6.07) is 0. The SMILES string of the molecule is CC(=O)OCC1OC(OC2C(COC(C)=O)OC(OC(C)=O)C(OC(C)=O)C2O)C(OC(C)=O)C(O)C1O. The first-order valence-electron chi connectivity index (χ1n) is 11.5. The third kappa shape index (κ3) is 8.57. The lowest BCUT2D eigenvalue weighted by atomic mass is 9.96. The van der Waals surface area contributed by atoms with Crippen LogP contribution in [0.4, 0.5) is 0 Å². The highest BCUT2D eigenvalue weighted by Gasteiger charge is 2.54. The Morgan fingerprint density at radius 1 is 0.553 bits per heavy atom. The Balaban J connectivity index is 2.41. The molecule has 38 heavy (non-hydrogen) atoms. The molecule has 10 unspecified atom stereocenters. The summed E-state index contributed by atoms with van der Waals surface area (Å²) < 4.78 is 42.0. The first kappa shape index (κ1) is 31.3. The van der Waals surface area contributed by atoms with Gasteiger partial charge in [-0.2, -0.15) is 0 Å². The van der Waals surface area contributed by atoms with E-state index < -0.39 is 104 Å². The summed E-state index contributed by atoms with van der Waals surface area (Å²) >= 11 is 0. The molecule has 0 aromatic rings. The molecule has 10 atom stereocenters. The third-order valence-corrected chi connectivity index (χ3v) is 5.34. The Morgan fingerprint density at radius 2 is 1.00 bits per heavy atom. The molecule has 16 nitrogen and oxygen atoms in total. The van der Waals surface area contributed by atoms with Gasteiger partial charge in [0.15, 0.2) is 18.5 Å². The predicted molar refractivity (Wildman–Crippen MR) is 116 cm³/mol. The summed E-state index contributed by atoms with van der Waals surface area (Å²) in [5.74, 6) is -4.06. The molecule has 2 aliphatic heterocycles. The van der Waals surface area contributed by atoms with Crippen molar-refractivity contribution in [2.75, 3.05) is 13.2 Å². The number of aliphatic hydroxyl groups excluding tert-OH is 3. The van der Waals surface area contributed by atoms with Gasteiger partial charge in [-0.3, -0.25) is 24.0 Å². The molecule has 2 fully saturated rings. The summed E-state index contributed by atoms with van der Waals surface area (Å²) in [7, 11) is 0. The zero-order valence-electron chi connectivity index (χ0n) is 21.3. The van der Waals surface area contributed by atoms with Crippen molar-refractivity contribution in [3.05, 3.63) is 0 Å². The topological polar surface area (TPSA) is 220 Å². The van der Waals surface area contributed by atoms with Gasteiger partial charge in [0.1, 0.15) is 49.8 Å². The maximum Gasteiger partial charge on any atom is 0.305 e. The van der Waals surface area contributed by atoms with Crippen molar-refractivity contribution in [1.82, 2.24) is 0 Å². The lowest BCUT2D eigenvalue weighted by molar-refractivity contribution is -0.356. The fourth-order valence-electron chi connectivity index (χ4n) is 3.80. The zero-order chi connectivity index (χ0) is 28.7. The Bertz CT molecular complexity index is 871. The maximum absolute atomic E-state index is 11.7. The van der Waals surface area contributed by atoms with E-state index in [0.717, 1.165) is 34.6 Å². The van der Waals surface area contributed by atoms with Crippen LogP contribution >= 0.6 is 0 Å². The Hall–Kier alpha value is -2.89. The summed E-state index contributed by atoms with van der Waals surface area (Å²) in [5.41, 5.74) is 0. The van der Waals surface area contributed by atoms with Gasteiger partial charge in [0.25, 0.3) is 0 Å². The number of hydrogen-bond donors (Lipinski definition) is 3. The van der Waals surface area contributed by atoms with Crippen molar-refractivity contribution in [3.63, 3.8) is 0 Å². The molecule has 0 aliphatic carbocycles. The highest BCUT2D eigenvalue weighted by molar-refractivity contribution is 5.68. The van der Waals surface area contributed by atoms with Crippen LogP contribution in [0, 0.1) is 0 Å². The number of aliphatic hydroxyl groups is 3. The smallest absolute Gasteiger partial charge is 0.305 e. The molecule has 2 aliphatic rings. The first-order chi connectivity index (χ1) is 17.7. The largest absolute Gasteiger partial charge is 0.463 e. The average Bonchev–Trinajstić information content (AvgIpc) is 2.79. The molecule has 3 N–H and O–H groups in total. The van der Waals surface area contributed by atoms with Crippen LogP contribution in [0.1, 0.15) is 34.6 Å². The van der Waals surface area contributed by atoms with E-state index in [2.05, 4.69) is 0 Å². The van der Waals surface area contributed by atoms with E-state index in [1.165, 1.54) is 0 Å². The normalized spacial score (nSPS) is 34.9. The van der Waals surface area contributed by atoms with Crippen molar-refractivity contribution in [1.29, 1.82) is 0 Å². The fraction of sp³-hybridized carbons (Fsp3) is 0.773. The molecule has 0 saturated carbocycles. The lowest BCUT2D eigenvalue weighted by Gasteiger charge is -2.47. The Kier molecular flexibility index (Phi) is 11.4. The van der Waals surface area contributed by atoms with Gasteiger partial charge in [0.2, 0.25) is 6.29 Å². The maximum atomic E-state index is 11.7. The van der Waals surface area contributed by atoms with Crippen LogP contribution in [-0.2, 0) is 61.9 Å². The number of esters is 5. The molecule has 0 radical (unpaired) electrons. The van der Waals surface area contributed by atoms with Gasteiger partial charge in [-0.1, -0.05) is 0 Å². The molecule has 2 heterocycles. The molecule has 216 valence electrons. The third-order valence-electron chi connectivity index (χ3n) is 5.34. The second-order valence-electron chi connectivity index (χ2n) is 8.52. The summed E-state index contributed by atoms with van der Waals surface area (Å²) in [6.07, 6.45) is -16.2. The zero-order valence-corrected chi connectivity index (χ0v) is 21.3. The fourth-order valence-corrected chi connectivity index (χ4v) is 3.80. The minimum Gasteiger partial charge on any atom is -0.463 e. The second-order valence-corrected chi connectivity index (χ2v) is 8.52. The lowest BCUT2D eigenvalue weighted by Crippen LogP contribution is -2.66. The highest BCUT2D eigenvalue weighted by Crippen LogP contribution is 2.32. The minimum atomic E-state index is -1.81. The van der Waals surface area contributed by atoms with E-state index in [4.69, 9.17) is 37.9 Å². The minimum absolute atomic E-state index is 0.522. The molecule has 0 bridgehead atoms. The van der Waals surface area contributed by atoms with Crippen LogP contribution in [0.2, 0.25) is 0 Å². The van der Waals surface area contributed by atoms with Crippen molar-refractivity contribution in [3.8, 4) is 0 Å². The van der Waals surface area contributed by atoms with Crippen LogP contribution < -0.4 is 0 Å². The van der Waals surface area contributed by atoms with Crippen LogP contribution in [0.25, 0.3) is 0 Å². The number of hydrogen-bond acceptors (Lipinski definition) is 16. The number of ether oxygens (including phenoxy) is 8. The van der Waals surface area contributed by atoms with Crippen molar-refractivity contribution >= 4 is 29.8 Å². The van der Waals surface area contributed by atoms with Gasteiger partial charge in [0.05, 0.1) is 0 Å². The van der Waals surface area contributed by atoms with E-state index in [-0.39, 0.29) is 0 Å². The van der Waals surface area contributed by atoms with E-state index in [0.29, 0.717) is 0 Å². The molecular formula is C22H32O16. The quantitative estimate of drug-likeness (QED) is 0.198. The monoisotopic (exact) mass is 552 g/mol. The predicted octanol–water partition coefficient (Wildman–Crippen LogP) is -2.54. The van der Waals surface area contributed by atoms with Crippen LogP contribution in [0.5, 0.6) is 0 Å². The molecule has 16 heteroatoms. The Labute approximate surface area is 216 Å². The first-order valence-corrected chi connectivity index (χ1v) is 11.5. The van der Waals surface area contributed by atoms with Gasteiger partial charge in [0, 0.05) is 34.6 Å². The van der Waals surface area contributed by atoms with Crippen molar-refractivity contribution < 1.29 is 77.2 Å². The van der Waals surface area contributed by atoms with Crippen LogP contribution in [0.15, 0.2) is 0 Å². The Morgan fingerprint density at radius 3 is 1.47 bits per heavy atom. The molecule has 0 amide bonds.